The molecular weight excluding hydrogens is 608 g/mol. The van der Waals surface area contributed by atoms with Crippen molar-refractivity contribution in [3.05, 3.63) is 24.3 Å². The third kappa shape index (κ3) is 6.04. The maximum Gasteiger partial charge on any atom is 0.186 e. The molecule has 2 aliphatic heterocycles. The standard InChI is InChI=1S/C32H50O14/c1-5-30(2)7-6-15-14(9-30)16(34)8-20-31(15,3)10-17(35)27(42)32(20,4)13-44-29-26(41)24(39)22(37)19(46-29)12-43-28-25(40)23(38)21(36)18(11-33)45-28/h5,9,15,17-29,33,35-42H,1,6-8,10-13H2,2-4H3/t15-,17+,18+,19+,20+,21+,22+,23-,24+,25+,26-,27-,28-,29+,30-,31+,32+/m0/s1. The Labute approximate surface area is 267 Å². The summed E-state index contributed by atoms with van der Waals surface area (Å²) in [7, 11) is 0. The van der Waals surface area contributed by atoms with Gasteiger partial charge in [0.2, 0.25) is 0 Å². The van der Waals surface area contributed by atoms with Crippen molar-refractivity contribution in [3.63, 3.8) is 0 Å². The van der Waals surface area contributed by atoms with Gasteiger partial charge in [0.15, 0.2) is 18.4 Å². The molecule has 17 atom stereocenters. The number of rotatable bonds is 8. The van der Waals surface area contributed by atoms with Gasteiger partial charge in [-0.15, -0.1) is 6.58 Å². The molecule has 0 amide bonds. The lowest BCUT2D eigenvalue weighted by molar-refractivity contribution is -0.336. The van der Waals surface area contributed by atoms with Crippen LogP contribution in [0.3, 0.4) is 0 Å². The zero-order chi connectivity index (χ0) is 33.9. The Morgan fingerprint density at radius 2 is 1.48 bits per heavy atom. The van der Waals surface area contributed by atoms with Crippen LogP contribution in [0.25, 0.3) is 0 Å². The van der Waals surface area contributed by atoms with Gasteiger partial charge in [0.1, 0.15) is 48.8 Å². The number of fused-ring (bicyclic) bond motifs is 3. The molecule has 2 saturated heterocycles. The van der Waals surface area contributed by atoms with Crippen molar-refractivity contribution in [1.29, 1.82) is 0 Å². The molecule has 9 N–H and O–H groups in total. The van der Waals surface area contributed by atoms with Crippen molar-refractivity contribution >= 4 is 5.78 Å². The summed E-state index contributed by atoms with van der Waals surface area (Å²) >= 11 is 0. The molecule has 0 bridgehead atoms. The molecule has 5 rings (SSSR count). The highest BCUT2D eigenvalue weighted by molar-refractivity contribution is 5.97. The summed E-state index contributed by atoms with van der Waals surface area (Å²) in [6.07, 6.45) is -12.5. The molecule has 0 unspecified atom stereocenters. The van der Waals surface area contributed by atoms with Crippen LogP contribution in [0.15, 0.2) is 24.3 Å². The number of Topliss-reactive ketones (excluding diaryl/α,β-unsaturated/α-hetero) is 1. The van der Waals surface area contributed by atoms with Crippen LogP contribution in [0.1, 0.15) is 46.5 Å². The van der Waals surface area contributed by atoms with Gasteiger partial charge >= 0.3 is 0 Å². The molecule has 14 heteroatoms. The number of allylic oxidation sites excluding steroid dienone is 3. The number of ether oxygens (including phenoxy) is 4. The molecule has 2 heterocycles. The highest BCUT2D eigenvalue weighted by Gasteiger charge is 2.63. The Bertz CT molecular complexity index is 1160. The van der Waals surface area contributed by atoms with E-state index in [4.69, 9.17) is 18.9 Å². The summed E-state index contributed by atoms with van der Waals surface area (Å²) in [4.78, 5) is 13.6. The van der Waals surface area contributed by atoms with E-state index in [9.17, 15) is 50.8 Å². The molecule has 2 saturated carbocycles. The highest BCUT2D eigenvalue weighted by atomic mass is 16.7. The fraction of sp³-hybridized carbons (Fsp3) is 0.844. The van der Waals surface area contributed by atoms with Gasteiger partial charge in [-0.25, -0.2) is 0 Å². The molecule has 46 heavy (non-hydrogen) atoms. The van der Waals surface area contributed by atoms with E-state index in [1.807, 2.05) is 26.0 Å². The second-order valence-electron chi connectivity index (χ2n) is 14.7. The Morgan fingerprint density at radius 1 is 0.891 bits per heavy atom. The first kappa shape index (κ1) is 35.9. The van der Waals surface area contributed by atoms with Crippen LogP contribution in [0, 0.1) is 28.1 Å². The summed E-state index contributed by atoms with van der Waals surface area (Å²) in [6.45, 7) is 8.25. The first-order chi connectivity index (χ1) is 21.5. The van der Waals surface area contributed by atoms with Gasteiger partial charge in [0.05, 0.1) is 32.0 Å². The van der Waals surface area contributed by atoms with E-state index in [-0.39, 0.29) is 36.6 Å². The van der Waals surface area contributed by atoms with E-state index < -0.39 is 104 Å². The lowest BCUT2D eigenvalue weighted by Gasteiger charge is -2.62. The molecule has 0 aromatic rings. The van der Waals surface area contributed by atoms with Crippen molar-refractivity contribution in [2.45, 2.75) is 120 Å². The third-order valence-corrected chi connectivity index (χ3v) is 11.6. The quantitative estimate of drug-likeness (QED) is 0.127. The second kappa shape index (κ2) is 13.2. The third-order valence-electron chi connectivity index (χ3n) is 11.6. The Balaban J connectivity index is 1.31. The van der Waals surface area contributed by atoms with Gasteiger partial charge in [-0.2, -0.15) is 0 Å². The number of carbonyl (C=O) groups excluding carboxylic acids is 1. The predicted octanol–water partition coefficient (Wildman–Crippen LogP) is -2.12. The molecule has 4 fully saturated rings. The highest BCUT2D eigenvalue weighted by Crippen LogP contribution is 2.63. The molecule has 14 nitrogen and oxygen atoms in total. The maximum absolute atomic E-state index is 13.6. The maximum atomic E-state index is 13.6. The minimum absolute atomic E-state index is 0.0343. The SMILES string of the molecule is C=C[C@]1(C)C=C2C(=O)C[C@@H]3[C@](C)(C[C@@H](O)[C@H](O)[C@]3(C)CO[C@@H]3O[C@H](CO[C@H]4O[C@H](CO)[C@@H](O)[C@H](O)[C@H]4O)[C@@H](O)[C@@H](O)[C@@H]3O)[C@H]2CC1. The molecule has 3 aliphatic carbocycles. The van der Waals surface area contributed by atoms with Crippen LogP contribution < -0.4 is 0 Å². The van der Waals surface area contributed by atoms with E-state index in [2.05, 4.69) is 6.58 Å². The zero-order valence-corrected chi connectivity index (χ0v) is 26.5. The van der Waals surface area contributed by atoms with Crippen LogP contribution in [-0.2, 0) is 23.7 Å². The van der Waals surface area contributed by atoms with Crippen LogP contribution >= 0.6 is 0 Å². The number of carbonyl (C=O) groups is 1. The summed E-state index contributed by atoms with van der Waals surface area (Å²) < 4.78 is 22.6. The predicted molar refractivity (Wildman–Crippen MR) is 157 cm³/mol. The lowest BCUT2D eigenvalue weighted by atomic mass is 9.44. The number of aliphatic hydroxyl groups excluding tert-OH is 9. The van der Waals surface area contributed by atoms with E-state index in [0.29, 0.717) is 6.42 Å². The first-order valence-corrected chi connectivity index (χ1v) is 16.0. The van der Waals surface area contributed by atoms with Crippen molar-refractivity contribution in [1.82, 2.24) is 0 Å². The Kier molecular flexibility index (Phi) is 10.3. The summed E-state index contributed by atoms with van der Waals surface area (Å²) in [6, 6.07) is 0. The van der Waals surface area contributed by atoms with Crippen LogP contribution in [0.4, 0.5) is 0 Å². The molecule has 0 spiro atoms. The summed E-state index contributed by atoms with van der Waals surface area (Å²) in [5.74, 6) is -0.596. The van der Waals surface area contributed by atoms with Crippen LogP contribution in [0.5, 0.6) is 0 Å². The van der Waals surface area contributed by atoms with Crippen molar-refractivity contribution < 1.29 is 69.7 Å². The summed E-state index contributed by atoms with van der Waals surface area (Å²) in [5, 5.41) is 94.2. The number of aliphatic hydroxyl groups is 9. The Hall–Kier alpha value is -1.37. The molecular formula is C32H50O14. The first-order valence-electron chi connectivity index (χ1n) is 16.0. The van der Waals surface area contributed by atoms with Gasteiger partial charge in [-0.05, 0) is 42.1 Å². The molecule has 0 aromatic carbocycles. The molecule has 262 valence electrons. The summed E-state index contributed by atoms with van der Waals surface area (Å²) in [5.41, 5.74) is -1.33. The van der Waals surface area contributed by atoms with Crippen molar-refractivity contribution in [2.75, 3.05) is 19.8 Å². The minimum atomic E-state index is -1.76. The van der Waals surface area contributed by atoms with Crippen molar-refractivity contribution in [3.8, 4) is 0 Å². The average Bonchev–Trinajstić information content (AvgIpc) is 3.03. The number of ketones is 1. The van der Waals surface area contributed by atoms with E-state index >= 15 is 0 Å². The van der Waals surface area contributed by atoms with Gasteiger partial charge in [-0.3, -0.25) is 4.79 Å². The van der Waals surface area contributed by atoms with E-state index in [1.54, 1.807) is 6.92 Å². The molecule has 0 aromatic heterocycles. The smallest absolute Gasteiger partial charge is 0.186 e. The number of hydrogen-bond donors (Lipinski definition) is 9. The number of hydrogen-bond acceptors (Lipinski definition) is 14. The fourth-order valence-corrected chi connectivity index (χ4v) is 8.55. The lowest BCUT2D eigenvalue weighted by Crippen LogP contribution is -2.65. The van der Waals surface area contributed by atoms with E-state index in [0.717, 1.165) is 12.0 Å². The fourth-order valence-electron chi connectivity index (χ4n) is 8.55. The average molecular weight is 659 g/mol. The topological polar surface area (TPSA) is 236 Å². The van der Waals surface area contributed by atoms with Gasteiger partial charge < -0.3 is 64.9 Å². The van der Waals surface area contributed by atoms with Crippen molar-refractivity contribution in [2.24, 2.45) is 28.1 Å². The van der Waals surface area contributed by atoms with Gasteiger partial charge in [0, 0.05) is 17.3 Å². The normalized spacial score (nSPS) is 52.8. The minimum Gasteiger partial charge on any atom is -0.394 e. The van der Waals surface area contributed by atoms with Crippen LogP contribution in [-0.4, -0.2) is 145 Å². The molecule has 0 radical (unpaired) electrons. The second-order valence-corrected chi connectivity index (χ2v) is 14.7. The van der Waals surface area contributed by atoms with Gasteiger partial charge in [-0.1, -0.05) is 32.9 Å². The largest absolute Gasteiger partial charge is 0.394 e. The van der Waals surface area contributed by atoms with Gasteiger partial charge in [0.25, 0.3) is 0 Å². The molecule has 5 aliphatic rings. The van der Waals surface area contributed by atoms with E-state index in [1.165, 1.54) is 0 Å². The zero-order valence-electron chi connectivity index (χ0n) is 26.5. The monoisotopic (exact) mass is 658 g/mol. The Morgan fingerprint density at radius 3 is 2.09 bits per heavy atom. The van der Waals surface area contributed by atoms with Crippen LogP contribution in [0.2, 0.25) is 0 Å².